The molecule has 3 heterocycles. The molecule has 7 heteroatoms. The van der Waals surface area contributed by atoms with Gasteiger partial charge in [0.15, 0.2) is 0 Å². The van der Waals surface area contributed by atoms with Crippen LogP contribution in [0.5, 0.6) is 0 Å². The molecule has 0 unspecified atom stereocenters. The van der Waals surface area contributed by atoms with Gasteiger partial charge in [0.05, 0.1) is 24.9 Å². The van der Waals surface area contributed by atoms with Crippen LogP contribution in [0.15, 0.2) is 176 Å². The molecule has 0 aliphatic heterocycles. The quantitative estimate of drug-likeness (QED) is 0.127. The summed E-state index contributed by atoms with van der Waals surface area (Å²) in [6, 6.07) is 64.1. The van der Waals surface area contributed by atoms with Crippen molar-refractivity contribution >= 4 is 77.3 Å². The van der Waals surface area contributed by atoms with Gasteiger partial charge in [0, 0.05) is 47.5 Å². The minimum atomic E-state index is -1.23. The van der Waals surface area contributed by atoms with Crippen LogP contribution in [0.1, 0.15) is 0 Å². The van der Waals surface area contributed by atoms with E-state index in [2.05, 4.69) is 138 Å². The Kier molecular flexibility index (Phi) is 10.6. The fraction of sp³-hybridized carbons (Fsp3) is 0.0566. The molecule has 0 bridgehead atoms. The van der Waals surface area contributed by atoms with E-state index in [1.165, 1.54) is 31.4 Å². The van der Waals surface area contributed by atoms with Crippen LogP contribution in [-0.2, 0) is 20.1 Å². The van der Waals surface area contributed by atoms with Crippen LogP contribution in [0.4, 0.5) is 4.39 Å². The number of para-hydroxylation sites is 2. The van der Waals surface area contributed by atoms with E-state index in [0.29, 0.717) is 5.39 Å². The summed E-state index contributed by atoms with van der Waals surface area (Å²) in [7, 11) is -1.23. The van der Waals surface area contributed by atoms with Gasteiger partial charge in [0.25, 0.3) is 0 Å². The van der Waals surface area contributed by atoms with Crippen LogP contribution < -0.4 is 5.19 Å². The number of imidazole rings is 1. The fourth-order valence-electron chi connectivity index (χ4n) is 7.98. The van der Waals surface area contributed by atoms with Crippen LogP contribution in [-0.4, -0.2) is 22.6 Å². The maximum absolute atomic E-state index is 14.6. The summed E-state index contributed by atoms with van der Waals surface area (Å²) in [6.45, 7) is 7.00. The second-order valence-electron chi connectivity index (χ2n) is 15.8. The van der Waals surface area contributed by atoms with Crippen LogP contribution in [0.25, 0.3) is 92.2 Å². The second-order valence-corrected chi connectivity index (χ2v) is 21.9. The number of nitrogens with zero attached hydrogens (tertiary/aromatic N) is 3. The molecule has 11 rings (SSSR count). The van der Waals surface area contributed by atoms with Gasteiger partial charge in [-0.15, -0.1) is 54.1 Å². The van der Waals surface area contributed by atoms with E-state index in [9.17, 15) is 4.39 Å². The molecule has 0 fully saturated rings. The number of halogens is 1. The first kappa shape index (κ1) is 39.4. The van der Waals surface area contributed by atoms with Gasteiger partial charge in [-0.3, -0.25) is 4.98 Å². The van der Waals surface area contributed by atoms with E-state index in [1.807, 2.05) is 72.9 Å². The predicted octanol–water partition coefficient (Wildman–Crippen LogP) is 14.1. The number of fused-ring (bicyclic) bond motifs is 6. The third-order valence-electron chi connectivity index (χ3n) is 11.0. The molecular formula is C53H38FIrN3SSi-2. The summed E-state index contributed by atoms with van der Waals surface area (Å²) in [4.78, 5) is 9.72. The Bertz CT molecular complexity index is 3330. The largest absolute Gasteiger partial charge is 0.333 e. The first-order valence-electron chi connectivity index (χ1n) is 19.8. The van der Waals surface area contributed by atoms with Gasteiger partial charge in [0.1, 0.15) is 5.82 Å². The number of benzene rings is 8. The maximum atomic E-state index is 14.6. The van der Waals surface area contributed by atoms with Gasteiger partial charge in [-0.25, -0.2) is 4.39 Å². The van der Waals surface area contributed by atoms with E-state index < -0.39 is 8.07 Å². The Morgan fingerprint density at radius 1 is 0.633 bits per heavy atom. The number of hydrogen-bond donors (Lipinski definition) is 0. The van der Waals surface area contributed by atoms with E-state index in [4.69, 9.17) is 4.98 Å². The summed E-state index contributed by atoms with van der Waals surface area (Å²) in [6.07, 6.45) is 2.02. The molecule has 11 aromatic rings. The van der Waals surface area contributed by atoms with Crippen molar-refractivity contribution in [1.29, 1.82) is 0 Å². The van der Waals surface area contributed by atoms with E-state index >= 15 is 0 Å². The third kappa shape index (κ3) is 7.18. The van der Waals surface area contributed by atoms with E-state index in [1.54, 1.807) is 17.4 Å². The van der Waals surface area contributed by atoms with Gasteiger partial charge in [-0.1, -0.05) is 128 Å². The van der Waals surface area contributed by atoms with Crippen molar-refractivity contribution in [3.05, 3.63) is 194 Å². The summed E-state index contributed by atoms with van der Waals surface area (Å²) >= 11 is 1.77. The first-order valence-corrected chi connectivity index (χ1v) is 24.1. The van der Waals surface area contributed by atoms with Gasteiger partial charge < -0.3 is 9.55 Å². The molecular weight excluding hydrogens is 950 g/mol. The topological polar surface area (TPSA) is 30.7 Å². The van der Waals surface area contributed by atoms with Crippen LogP contribution in [0.2, 0.25) is 19.6 Å². The second kappa shape index (κ2) is 16.2. The molecule has 0 amide bonds. The molecule has 293 valence electrons. The Labute approximate surface area is 367 Å². The summed E-state index contributed by atoms with van der Waals surface area (Å²) in [5.41, 5.74) is 8.25. The number of thiophene rings is 1. The summed E-state index contributed by atoms with van der Waals surface area (Å²) in [5, 5.41) is 7.65. The van der Waals surface area contributed by atoms with Crippen LogP contribution >= 0.6 is 11.3 Å². The van der Waals surface area contributed by atoms with Crippen molar-refractivity contribution in [2.24, 2.45) is 0 Å². The van der Waals surface area contributed by atoms with E-state index in [-0.39, 0.29) is 25.9 Å². The maximum Gasteiger partial charge on any atom is 0.131 e. The van der Waals surface area contributed by atoms with Gasteiger partial charge in [-0.2, -0.15) is 11.3 Å². The Morgan fingerprint density at radius 3 is 2.20 bits per heavy atom. The standard InChI is InChI=1S/C39H22FN2S.C14H16NSi.Ir/c40-33-21-20-26(28-12-3-4-13-29(28)33)25-19-22-37-32(23-25)30-14-8-15-31(38(30)43-37)39-41-34-16-5-6-17-36(34)42(39)35-18-7-10-24-9-1-2-11-27(24)35;1-16(2,3)13-9-10-14(15-11-13)12-7-5-4-6-8-12;/h1-14,16-23H;4-7,9-11H,1-3H3;/q2*-1;. The van der Waals surface area contributed by atoms with Gasteiger partial charge >= 0.3 is 0 Å². The molecule has 8 aromatic carbocycles. The van der Waals surface area contributed by atoms with Crippen molar-refractivity contribution in [3.63, 3.8) is 0 Å². The van der Waals surface area contributed by atoms with E-state index in [0.717, 1.165) is 60.6 Å². The minimum Gasteiger partial charge on any atom is -0.333 e. The average Bonchev–Trinajstić information content (AvgIpc) is 3.85. The van der Waals surface area contributed by atoms with Crippen LogP contribution in [0, 0.1) is 17.9 Å². The van der Waals surface area contributed by atoms with Crippen molar-refractivity contribution in [2.45, 2.75) is 19.6 Å². The van der Waals surface area contributed by atoms with Crippen molar-refractivity contribution in [3.8, 4) is 39.5 Å². The zero-order valence-corrected chi connectivity index (χ0v) is 37.4. The van der Waals surface area contributed by atoms with Crippen molar-refractivity contribution in [2.75, 3.05) is 0 Å². The normalized spacial score (nSPS) is 11.5. The predicted molar refractivity (Wildman–Crippen MR) is 250 cm³/mol. The first-order chi connectivity index (χ1) is 28.8. The molecule has 0 N–H and O–H groups in total. The molecule has 0 atom stereocenters. The van der Waals surface area contributed by atoms with Gasteiger partial charge in [-0.05, 0) is 79.3 Å². The monoisotopic (exact) mass is 988 g/mol. The molecule has 3 aromatic heterocycles. The number of pyridine rings is 1. The van der Waals surface area contributed by atoms with Crippen molar-refractivity contribution in [1.82, 2.24) is 14.5 Å². The summed E-state index contributed by atoms with van der Waals surface area (Å²) in [5.74, 6) is 0.676. The molecule has 60 heavy (non-hydrogen) atoms. The molecule has 0 saturated carbocycles. The Morgan fingerprint density at radius 2 is 1.40 bits per heavy atom. The zero-order chi connectivity index (χ0) is 40.1. The SMILES string of the molecule is C[Si](C)(C)c1ccc(-c2[c-]cccc2)nc1.Fc1ccc(-c2ccc3sc4c(-c5nc6ccccc6n5-c5cccc6ccccc56)[c-]ccc4c3c2)c2ccccc12.[Ir]. The smallest absolute Gasteiger partial charge is 0.131 e. The molecule has 0 aliphatic carbocycles. The summed E-state index contributed by atoms with van der Waals surface area (Å²) < 4.78 is 19.2. The third-order valence-corrected chi connectivity index (χ3v) is 14.3. The molecule has 0 aliphatic rings. The molecule has 3 nitrogen and oxygen atoms in total. The number of aromatic nitrogens is 3. The van der Waals surface area contributed by atoms with Gasteiger partial charge in [0.2, 0.25) is 0 Å². The average molecular weight is 988 g/mol. The Hall–Kier alpha value is -6.08. The molecule has 1 radical (unpaired) electrons. The van der Waals surface area contributed by atoms with Crippen molar-refractivity contribution < 1.29 is 24.5 Å². The zero-order valence-electron chi connectivity index (χ0n) is 33.2. The Balaban J connectivity index is 0.000000230. The molecule has 0 saturated heterocycles. The molecule has 0 spiro atoms. The van der Waals surface area contributed by atoms with Crippen LogP contribution in [0.3, 0.4) is 0 Å². The number of hydrogen-bond acceptors (Lipinski definition) is 3. The fourth-order valence-corrected chi connectivity index (χ4v) is 10.2. The number of rotatable bonds is 5. The minimum absolute atomic E-state index is 0.